The molecule has 2 saturated heterocycles. The van der Waals surface area contributed by atoms with E-state index in [9.17, 15) is 19.2 Å². The van der Waals surface area contributed by atoms with E-state index in [4.69, 9.17) is 0 Å². The standard InChI is InChI=1S/C17H18N2O4/c1-10-6-14(20)18(15(21)7-10)12-4-3-5-13(9-12)19-16(22)8-11(2)17(19)23/h3-5,9-11H,6-8H2,1-2H3. The topological polar surface area (TPSA) is 74.8 Å². The number of amides is 4. The molecule has 1 aromatic rings. The predicted molar refractivity (Wildman–Crippen MR) is 83.6 cm³/mol. The van der Waals surface area contributed by atoms with Crippen molar-refractivity contribution < 1.29 is 19.2 Å². The summed E-state index contributed by atoms with van der Waals surface area (Å²) in [5.41, 5.74) is 0.811. The summed E-state index contributed by atoms with van der Waals surface area (Å²) in [6.07, 6.45) is 0.811. The van der Waals surface area contributed by atoms with E-state index in [1.807, 2.05) is 6.92 Å². The first-order chi connectivity index (χ1) is 10.9. The fraction of sp³-hybridized carbons (Fsp3) is 0.412. The molecule has 1 aromatic carbocycles. The van der Waals surface area contributed by atoms with Crippen molar-refractivity contribution >= 4 is 35.0 Å². The zero-order valence-corrected chi connectivity index (χ0v) is 13.1. The molecule has 3 rings (SSSR count). The number of anilines is 2. The van der Waals surface area contributed by atoms with Gasteiger partial charge in [-0.05, 0) is 24.1 Å². The highest BCUT2D eigenvalue weighted by atomic mass is 16.2. The number of nitrogens with zero attached hydrogens (tertiary/aromatic N) is 2. The molecule has 1 atom stereocenters. The summed E-state index contributed by atoms with van der Waals surface area (Å²) in [4.78, 5) is 50.8. The first kappa shape index (κ1) is 15.4. The predicted octanol–water partition coefficient (Wildman–Crippen LogP) is 1.88. The van der Waals surface area contributed by atoms with Crippen LogP contribution < -0.4 is 9.80 Å². The molecule has 2 heterocycles. The van der Waals surface area contributed by atoms with Gasteiger partial charge in [-0.25, -0.2) is 0 Å². The van der Waals surface area contributed by atoms with Crippen LogP contribution in [0.15, 0.2) is 24.3 Å². The molecule has 4 amide bonds. The van der Waals surface area contributed by atoms with Gasteiger partial charge in [0.2, 0.25) is 23.6 Å². The summed E-state index contributed by atoms with van der Waals surface area (Å²) in [6.45, 7) is 3.58. The Bertz CT molecular complexity index is 694. The molecule has 0 saturated carbocycles. The van der Waals surface area contributed by atoms with E-state index in [-0.39, 0.29) is 41.9 Å². The molecule has 2 fully saturated rings. The van der Waals surface area contributed by atoms with Gasteiger partial charge in [0.1, 0.15) is 0 Å². The van der Waals surface area contributed by atoms with Gasteiger partial charge in [-0.2, -0.15) is 0 Å². The van der Waals surface area contributed by atoms with Gasteiger partial charge in [0.25, 0.3) is 0 Å². The number of carbonyl (C=O) groups is 4. The second-order valence-electron chi connectivity index (χ2n) is 6.33. The van der Waals surface area contributed by atoms with Gasteiger partial charge in [0.05, 0.1) is 11.4 Å². The SMILES string of the molecule is CC1CC(=O)N(c2cccc(N3C(=O)CC(C)C3=O)c2)C(=O)C1. The van der Waals surface area contributed by atoms with Crippen molar-refractivity contribution in [1.29, 1.82) is 0 Å². The van der Waals surface area contributed by atoms with Gasteiger partial charge in [-0.1, -0.05) is 19.9 Å². The van der Waals surface area contributed by atoms with Gasteiger partial charge in [0, 0.05) is 25.2 Å². The van der Waals surface area contributed by atoms with Crippen molar-refractivity contribution in [2.75, 3.05) is 9.80 Å². The van der Waals surface area contributed by atoms with Gasteiger partial charge in [0.15, 0.2) is 0 Å². The first-order valence-electron chi connectivity index (χ1n) is 7.71. The molecule has 2 aliphatic heterocycles. The van der Waals surface area contributed by atoms with Crippen LogP contribution in [0.5, 0.6) is 0 Å². The lowest BCUT2D eigenvalue weighted by Crippen LogP contribution is -2.43. The maximum Gasteiger partial charge on any atom is 0.237 e. The van der Waals surface area contributed by atoms with Crippen molar-refractivity contribution in [1.82, 2.24) is 0 Å². The average molecular weight is 314 g/mol. The molecule has 0 aliphatic carbocycles. The number of piperidine rings is 1. The third-order valence-electron chi connectivity index (χ3n) is 4.26. The molecule has 23 heavy (non-hydrogen) atoms. The Morgan fingerprint density at radius 1 is 0.826 bits per heavy atom. The van der Waals surface area contributed by atoms with E-state index in [1.54, 1.807) is 31.2 Å². The van der Waals surface area contributed by atoms with Crippen LogP contribution in [0.3, 0.4) is 0 Å². The highest BCUT2D eigenvalue weighted by Gasteiger charge is 2.37. The molecule has 6 heteroatoms. The molecule has 6 nitrogen and oxygen atoms in total. The largest absolute Gasteiger partial charge is 0.274 e. The highest BCUT2D eigenvalue weighted by molar-refractivity contribution is 6.21. The lowest BCUT2D eigenvalue weighted by molar-refractivity contribution is -0.130. The van der Waals surface area contributed by atoms with Crippen LogP contribution in [0, 0.1) is 11.8 Å². The lowest BCUT2D eigenvalue weighted by Gasteiger charge is -2.29. The molecule has 0 bridgehead atoms. The van der Waals surface area contributed by atoms with Gasteiger partial charge >= 0.3 is 0 Å². The second-order valence-corrected chi connectivity index (χ2v) is 6.33. The Morgan fingerprint density at radius 3 is 1.87 bits per heavy atom. The number of hydrogen-bond donors (Lipinski definition) is 0. The Labute approximate surface area is 134 Å². The van der Waals surface area contributed by atoms with Crippen LogP contribution in [0.1, 0.15) is 33.1 Å². The zero-order chi connectivity index (χ0) is 16.7. The Morgan fingerprint density at radius 2 is 1.35 bits per heavy atom. The maximum atomic E-state index is 12.2. The third kappa shape index (κ3) is 2.65. The molecule has 0 N–H and O–H groups in total. The number of imide groups is 2. The van der Waals surface area contributed by atoms with Gasteiger partial charge < -0.3 is 0 Å². The molecule has 0 spiro atoms. The summed E-state index contributed by atoms with van der Waals surface area (Å²) >= 11 is 0. The van der Waals surface area contributed by atoms with E-state index >= 15 is 0 Å². The summed E-state index contributed by atoms with van der Waals surface area (Å²) in [5.74, 6) is -1.32. The summed E-state index contributed by atoms with van der Waals surface area (Å²) in [5, 5.41) is 0. The van der Waals surface area contributed by atoms with Gasteiger partial charge in [-0.15, -0.1) is 0 Å². The van der Waals surface area contributed by atoms with E-state index in [0.29, 0.717) is 24.2 Å². The van der Waals surface area contributed by atoms with Crippen molar-refractivity contribution in [3.8, 4) is 0 Å². The number of benzene rings is 1. The number of hydrogen-bond acceptors (Lipinski definition) is 4. The summed E-state index contributed by atoms with van der Waals surface area (Å²) in [6, 6.07) is 6.48. The van der Waals surface area contributed by atoms with Crippen molar-refractivity contribution in [2.24, 2.45) is 11.8 Å². The Balaban J connectivity index is 1.94. The summed E-state index contributed by atoms with van der Waals surface area (Å²) < 4.78 is 0. The van der Waals surface area contributed by atoms with Crippen molar-refractivity contribution in [3.63, 3.8) is 0 Å². The monoisotopic (exact) mass is 314 g/mol. The van der Waals surface area contributed by atoms with Crippen LogP contribution in [-0.4, -0.2) is 23.6 Å². The molecule has 2 aliphatic rings. The van der Waals surface area contributed by atoms with Crippen LogP contribution in [0.2, 0.25) is 0 Å². The maximum absolute atomic E-state index is 12.2. The fourth-order valence-electron chi connectivity index (χ4n) is 3.10. The molecule has 0 radical (unpaired) electrons. The van der Waals surface area contributed by atoms with E-state index in [1.165, 1.54) is 0 Å². The van der Waals surface area contributed by atoms with Crippen LogP contribution in [0.25, 0.3) is 0 Å². The minimum atomic E-state index is -0.342. The molecule has 120 valence electrons. The Hall–Kier alpha value is -2.50. The van der Waals surface area contributed by atoms with E-state index in [0.717, 1.165) is 9.80 Å². The molecule has 0 aromatic heterocycles. The van der Waals surface area contributed by atoms with Gasteiger partial charge in [-0.3, -0.25) is 29.0 Å². The van der Waals surface area contributed by atoms with Crippen molar-refractivity contribution in [2.45, 2.75) is 33.1 Å². The quantitative estimate of drug-likeness (QED) is 0.781. The highest BCUT2D eigenvalue weighted by Crippen LogP contribution is 2.31. The zero-order valence-electron chi connectivity index (χ0n) is 13.1. The number of rotatable bonds is 2. The van der Waals surface area contributed by atoms with Crippen LogP contribution in [-0.2, 0) is 19.2 Å². The molecular weight excluding hydrogens is 296 g/mol. The first-order valence-corrected chi connectivity index (χ1v) is 7.71. The second kappa shape index (κ2) is 5.61. The fourth-order valence-corrected chi connectivity index (χ4v) is 3.10. The average Bonchev–Trinajstić information content (AvgIpc) is 2.71. The van der Waals surface area contributed by atoms with Crippen molar-refractivity contribution in [3.05, 3.63) is 24.3 Å². The minimum Gasteiger partial charge on any atom is -0.274 e. The third-order valence-corrected chi connectivity index (χ3v) is 4.26. The normalized spacial score (nSPS) is 23.1. The van der Waals surface area contributed by atoms with E-state index < -0.39 is 0 Å². The van der Waals surface area contributed by atoms with Crippen LogP contribution >= 0.6 is 0 Å². The molecule has 1 unspecified atom stereocenters. The van der Waals surface area contributed by atoms with Crippen LogP contribution in [0.4, 0.5) is 11.4 Å². The minimum absolute atomic E-state index is 0.0389. The van der Waals surface area contributed by atoms with E-state index in [2.05, 4.69) is 0 Å². The lowest BCUT2D eigenvalue weighted by atomic mass is 9.97. The molecular formula is C17H18N2O4. The summed E-state index contributed by atoms with van der Waals surface area (Å²) in [7, 11) is 0. The smallest absolute Gasteiger partial charge is 0.237 e. The Kier molecular flexibility index (Phi) is 3.75. The number of carbonyl (C=O) groups excluding carboxylic acids is 4.